The molecule has 4 unspecified atom stereocenters. The van der Waals surface area contributed by atoms with Gasteiger partial charge in [0.15, 0.2) is 0 Å². The van der Waals surface area contributed by atoms with E-state index in [9.17, 15) is 9.90 Å². The van der Waals surface area contributed by atoms with Crippen molar-refractivity contribution < 1.29 is 9.90 Å². The summed E-state index contributed by atoms with van der Waals surface area (Å²) in [5.74, 6) is 1.27. The van der Waals surface area contributed by atoms with Crippen LogP contribution in [0.3, 0.4) is 0 Å². The highest BCUT2D eigenvalue weighted by Gasteiger charge is 2.52. The Hall–Kier alpha value is -0.370. The summed E-state index contributed by atoms with van der Waals surface area (Å²) in [5, 5.41) is 10.0. The molecule has 0 aliphatic heterocycles. The lowest BCUT2D eigenvalue weighted by molar-refractivity contribution is -0.131. The molecule has 0 amide bonds. The molecular weight excluding hydrogens is 188 g/mol. The van der Waals surface area contributed by atoms with Gasteiger partial charge < -0.3 is 5.11 Å². The van der Waals surface area contributed by atoms with E-state index in [1.165, 1.54) is 0 Å². The van der Waals surface area contributed by atoms with Crippen molar-refractivity contribution >= 4 is 5.78 Å². The molecule has 0 saturated heterocycles. The number of carbonyl (C=O) groups is 1. The summed E-state index contributed by atoms with van der Waals surface area (Å²) in [6.07, 6.45) is 5.51. The summed E-state index contributed by atoms with van der Waals surface area (Å²) >= 11 is 0. The molecule has 2 rings (SSSR count). The number of hydrogen-bond donors (Lipinski definition) is 1. The standard InChI is InChI=1S/C13H22O2/c1-3-4-9-10-5-6-12(15)13(10,2)8-7-11(9)14/h9-11,14H,3-8H2,1-2H3. The first-order chi connectivity index (χ1) is 7.09. The number of aliphatic hydroxyl groups is 1. The minimum atomic E-state index is -0.158. The largest absolute Gasteiger partial charge is 0.393 e. The fraction of sp³-hybridized carbons (Fsp3) is 0.923. The first-order valence-corrected chi connectivity index (χ1v) is 6.31. The van der Waals surface area contributed by atoms with Crippen molar-refractivity contribution in [3.8, 4) is 0 Å². The number of Topliss-reactive ketones (excluding diaryl/α,β-unsaturated/α-hetero) is 1. The maximum atomic E-state index is 11.9. The molecular formula is C13H22O2. The Balaban J connectivity index is 2.20. The molecule has 2 heteroatoms. The number of ketones is 1. The maximum absolute atomic E-state index is 11.9. The third-order valence-corrected chi connectivity index (χ3v) is 4.73. The summed E-state index contributed by atoms with van der Waals surface area (Å²) in [6.45, 7) is 4.29. The monoisotopic (exact) mass is 210 g/mol. The van der Waals surface area contributed by atoms with Crippen LogP contribution in [0.25, 0.3) is 0 Å². The second-order valence-corrected chi connectivity index (χ2v) is 5.54. The van der Waals surface area contributed by atoms with E-state index < -0.39 is 0 Å². The molecule has 0 heterocycles. The molecule has 0 spiro atoms. The van der Waals surface area contributed by atoms with Crippen LogP contribution in [-0.4, -0.2) is 17.0 Å². The van der Waals surface area contributed by atoms with Gasteiger partial charge in [-0.05, 0) is 37.5 Å². The van der Waals surface area contributed by atoms with Crippen molar-refractivity contribution in [3.05, 3.63) is 0 Å². The van der Waals surface area contributed by atoms with Crippen LogP contribution in [0, 0.1) is 17.3 Å². The van der Waals surface area contributed by atoms with Gasteiger partial charge in [-0.1, -0.05) is 20.3 Å². The smallest absolute Gasteiger partial charge is 0.139 e. The van der Waals surface area contributed by atoms with Crippen LogP contribution in [0.5, 0.6) is 0 Å². The molecule has 0 radical (unpaired) electrons. The topological polar surface area (TPSA) is 37.3 Å². The van der Waals surface area contributed by atoms with Gasteiger partial charge in [0.05, 0.1) is 6.10 Å². The van der Waals surface area contributed by atoms with Gasteiger partial charge in [-0.25, -0.2) is 0 Å². The molecule has 0 aromatic rings. The molecule has 15 heavy (non-hydrogen) atoms. The second kappa shape index (κ2) is 3.89. The highest BCUT2D eigenvalue weighted by molar-refractivity contribution is 5.87. The Morgan fingerprint density at radius 1 is 1.47 bits per heavy atom. The first kappa shape index (κ1) is 11.1. The fourth-order valence-corrected chi connectivity index (χ4v) is 3.77. The average Bonchev–Trinajstić information content (AvgIpc) is 2.50. The van der Waals surface area contributed by atoms with Gasteiger partial charge in [0.25, 0.3) is 0 Å². The number of hydrogen-bond acceptors (Lipinski definition) is 2. The van der Waals surface area contributed by atoms with E-state index in [1.807, 2.05) is 0 Å². The fourth-order valence-electron chi connectivity index (χ4n) is 3.77. The molecule has 1 N–H and O–H groups in total. The highest BCUT2D eigenvalue weighted by Crippen LogP contribution is 2.53. The zero-order valence-electron chi connectivity index (χ0n) is 9.83. The zero-order chi connectivity index (χ0) is 11.1. The van der Waals surface area contributed by atoms with Gasteiger partial charge in [-0.2, -0.15) is 0 Å². The number of carbonyl (C=O) groups excluding carboxylic acids is 1. The second-order valence-electron chi connectivity index (χ2n) is 5.54. The van der Waals surface area contributed by atoms with Gasteiger partial charge in [0.1, 0.15) is 5.78 Å². The van der Waals surface area contributed by atoms with E-state index in [4.69, 9.17) is 0 Å². The molecule has 0 aromatic carbocycles. The van der Waals surface area contributed by atoms with Gasteiger partial charge >= 0.3 is 0 Å². The quantitative estimate of drug-likeness (QED) is 0.760. The van der Waals surface area contributed by atoms with Crippen LogP contribution in [0.2, 0.25) is 0 Å². The third kappa shape index (κ3) is 1.63. The molecule has 2 fully saturated rings. The Bertz CT molecular complexity index is 261. The number of fused-ring (bicyclic) bond motifs is 1. The summed E-state index contributed by atoms with van der Waals surface area (Å²) in [5.41, 5.74) is -0.0981. The summed E-state index contributed by atoms with van der Waals surface area (Å²) < 4.78 is 0. The minimum Gasteiger partial charge on any atom is -0.393 e. The molecule has 2 saturated carbocycles. The molecule has 2 aliphatic carbocycles. The predicted octanol–water partition coefficient (Wildman–Crippen LogP) is 2.54. The predicted molar refractivity (Wildman–Crippen MR) is 59.5 cm³/mol. The van der Waals surface area contributed by atoms with Crippen LogP contribution in [0.4, 0.5) is 0 Å². The van der Waals surface area contributed by atoms with Crippen LogP contribution in [0.1, 0.15) is 52.4 Å². The Morgan fingerprint density at radius 3 is 2.87 bits per heavy atom. The van der Waals surface area contributed by atoms with E-state index in [-0.39, 0.29) is 11.5 Å². The van der Waals surface area contributed by atoms with Crippen LogP contribution >= 0.6 is 0 Å². The number of rotatable bonds is 2. The SMILES string of the molecule is CCCC1C(O)CCC2(C)C(=O)CCC12. The van der Waals surface area contributed by atoms with Crippen molar-refractivity contribution in [2.24, 2.45) is 17.3 Å². The third-order valence-electron chi connectivity index (χ3n) is 4.73. The summed E-state index contributed by atoms with van der Waals surface area (Å²) in [7, 11) is 0. The average molecular weight is 210 g/mol. The molecule has 0 aromatic heterocycles. The van der Waals surface area contributed by atoms with E-state index in [0.29, 0.717) is 17.6 Å². The van der Waals surface area contributed by atoms with Crippen molar-refractivity contribution in [1.82, 2.24) is 0 Å². The van der Waals surface area contributed by atoms with Gasteiger partial charge in [0, 0.05) is 11.8 Å². The highest BCUT2D eigenvalue weighted by atomic mass is 16.3. The van der Waals surface area contributed by atoms with Crippen molar-refractivity contribution in [3.63, 3.8) is 0 Å². The Kier molecular flexibility index (Phi) is 2.89. The van der Waals surface area contributed by atoms with Gasteiger partial charge in [-0.15, -0.1) is 0 Å². The summed E-state index contributed by atoms with van der Waals surface area (Å²) in [4.78, 5) is 11.9. The van der Waals surface area contributed by atoms with E-state index >= 15 is 0 Å². The molecule has 2 aliphatic rings. The van der Waals surface area contributed by atoms with Crippen LogP contribution in [0.15, 0.2) is 0 Å². The molecule has 2 nitrogen and oxygen atoms in total. The Labute approximate surface area is 92.1 Å². The van der Waals surface area contributed by atoms with Crippen LogP contribution < -0.4 is 0 Å². The lowest BCUT2D eigenvalue weighted by Crippen LogP contribution is -2.43. The van der Waals surface area contributed by atoms with Gasteiger partial charge in [-0.3, -0.25) is 4.79 Å². The van der Waals surface area contributed by atoms with Crippen molar-refractivity contribution in [2.75, 3.05) is 0 Å². The minimum absolute atomic E-state index is 0.0981. The van der Waals surface area contributed by atoms with Gasteiger partial charge in [0.2, 0.25) is 0 Å². The number of aliphatic hydroxyl groups excluding tert-OH is 1. The molecule has 0 bridgehead atoms. The Morgan fingerprint density at radius 2 is 2.20 bits per heavy atom. The van der Waals surface area contributed by atoms with Crippen LogP contribution in [-0.2, 0) is 4.79 Å². The van der Waals surface area contributed by atoms with E-state index in [0.717, 1.165) is 38.5 Å². The molecule has 86 valence electrons. The maximum Gasteiger partial charge on any atom is 0.139 e. The lowest BCUT2D eigenvalue weighted by Gasteiger charge is -2.43. The van der Waals surface area contributed by atoms with E-state index in [2.05, 4.69) is 13.8 Å². The summed E-state index contributed by atoms with van der Waals surface area (Å²) in [6, 6.07) is 0. The van der Waals surface area contributed by atoms with E-state index in [1.54, 1.807) is 0 Å². The first-order valence-electron chi connectivity index (χ1n) is 6.31. The van der Waals surface area contributed by atoms with Crippen molar-refractivity contribution in [1.29, 1.82) is 0 Å². The lowest BCUT2D eigenvalue weighted by atomic mass is 9.62. The molecule has 4 atom stereocenters. The normalized spacial score (nSPS) is 45.5. The van der Waals surface area contributed by atoms with Crippen molar-refractivity contribution in [2.45, 2.75) is 58.5 Å². The zero-order valence-corrected chi connectivity index (χ0v) is 9.83.